The van der Waals surface area contributed by atoms with Gasteiger partial charge < -0.3 is 19.6 Å². The highest BCUT2D eigenvalue weighted by molar-refractivity contribution is 5.85. The fraction of sp³-hybridized carbons (Fsp3) is 0.933. The molecule has 2 amide bonds. The topological polar surface area (TPSA) is 114 Å². The maximum absolute atomic E-state index is 14.6. The van der Waals surface area contributed by atoms with E-state index >= 15 is 0 Å². The van der Waals surface area contributed by atoms with Crippen LogP contribution >= 0.6 is 0 Å². The average molecular weight is 1080 g/mol. The summed E-state index contributed by atoms with van der Waals surface area (Å²) >= 11 is 0. The number of halogens is 26. The molecule has 406 valence electrons. The van der Waals surface area contributed by atoms with Gasteiger partial charge in [-0.15, -0.1) is 43.9 Å². The number of rotatable bonds is 29. The molecule has 0 fully saturated rings. The molecule has 68 heavy (non-hydrogen) atoms. The van der Waals surface area contributed by atoms with Crippen LogP contribution in [0.2, 0.25) is 0 Å². The van der Waals surface area contributed by atoms with Gasteiger partial charge in [0.1, 0.15) is 0 Å². The molecule has 0 saturated heterocycles. The van der Waals surface area contributed by atoms with E-state index in [9.17, 15) is 124 Å². The first-order valence-electron chi connectivity index (χ1n) is 18.0. The first-order valence-corrected chi connectivity index (χ1v) is 18.0. The largest absolute Gasteiger partial charge is 0.529 e. The number of hydrogen-bond acceptors (Lipinski definition) is 8. The van der Waals surface area contributed by atoms with E-state index < -0.39 is 112 Å². The molecule has 0 aliphatic heterocycles. The fourth-order valence-corrected chi connectivity index (χ4v) is 4.97. The number of hydrogen-bond donors (Lipinski definition) is 2. The molecule has 0 rings (SSSR count). The van der Waals surface area contributed by atoms with Crippen molar-refractivity contribution in [2.45, 2.75) is 112 Å². The second-order valence-electron chi connectivity index (χ2n) is 15.1. The van der Waals surface area contributed by atoms with Crippen molar-refractivity contribution in [3.8, 4) is 0 Å². The quantitative estimate of drug-likeness (QED) is 0.0331. The van der Waals surface area contributed by atoms with Gasteiger partial charge in [0.25, 0.3) is 11.8 Å². The molecule has 0 aromatic carbocycles. The minimum absolute atomic E-state index is 0.0181. The van der Waals surface area contributed by atoms with Gasteiger partial charge >= 0.3 is 73.8 Å². The predicted octanol–water partition coefficient (Wildman–Crippen LogP) is 8.78. The summed E-state index contributed by atoms with van der Waals surface area (Å²) in [5.74, 6) is -19.4. The van der Waals surface area contributed by atoms with Crippen LogP contribution in [0.1, 0.15) is 38.5 Å². The summed E-state index contributed by atoms with van der Waals surface area (Å²) in [5.41, 5.74) is 0. The Balaban J connectivity index is 5.11. The molecular formula is C30H38F26N4O8+2. The van der Waals surface area contributed by atoms with Gasteiger partial charge in [0.15, 0.2) is 0 Å². The van der Waals surface area contributed by atoms with Crippen molar-refractivity contribution in [2.75, 3.05) is 67.5 Å². The van der Waals surface area contributed by atoms with Crippen LogP contribution in [0.3, 0.4) is 0 Å². The van der Waals surface area contributed by atoms with Gasteiger partial charge in [-0.3, -0.25) is 19.1 Å². The highest BCUT2D eigenvalue weighted by Gasteiger charge is 2.76. The molecule has 38 heteroatoms. The van der Waals surface area contributed by atoms with Crippen molar-refractivity contribution >= 4 is 11.8 Å². The van der Waals surface area contributed by atoms with Gasteiger partial charge in [-0.2, -0.15) is 79.7 Å². The molecule has 2 atom stereocenters. The Hall–Kier alpha value is -3.20. The standard InChI is InChI=1S/C30H36F26N4O8/c1-59(2,15-9-11-57-17(61)19(31,21(33,34)35)63-23(39,40)25(43,44)65-29(53,54)67-27(47,48)49)13-7-5-6-8-14-60(3,4)16-10-12-58-18(62)20(32,22(36,37)38)64-24(41,42)26(45,46)66-30(55,56)68-28(50,51)52/h5-16H2,1-4H3/p+2. The third-order valence-corrected chi connectivity index (χ3v) is 8.22. The maximum atomic E-state index is 14.6. The summed E-state index contributed by atoms with van der Waals surface area (Å²) in [7, 11) is 6.01. The van der Waals surface area contributed by atoms with E-state index in [1.165, 1.54) is 28.2 Å². The summed E-state index contributed by atoms with van der Waals surface area (Å²) in [6, 6.07) is 0. The SMILES string of the molecule is C[N+](C)(CCCCCC[N+](C)(C)CCCNC(=O)C(F)(OC(F)(F)C(F)(F)OC(F)(F)OC(F)(F)F)C(F)(F)F)CCCNC(=O)C(F)(OC(F)(F)C(F)(F)OC(F)(F)OC(F)(F)F)C(F)(F)F. The van der Waals surface area contributed by atoms with Crippen LogP contribution in [0.25, 0.3) is 0 Å². The Morgan fingerprint density at radius 2 is 0.588 bits per heavy atom. The molecule has 0 aliphatic carbocycles. The lowest BCUT2D eigenvalue weighted by Crippen LogP contribution is -2.62. The van der Waals surface area contributed by atoms with Gasteiger partial charge in [0, 0.05) is 25.9 Å². The summed E-state index contributed by atoms with van der Waals surface area (Å²) in [6.07, 6.45) is -68.5. The molecule has 0 radical (unpaired) electrons. The maximum Gasteiger partial charge on any atom is 0.529 e. The first kappa shape index (κ1) is 64.8. The molecule has 2 N–H and O–H groups in total. The smallest absolute Gasteiger partial charge is 0.351 e. The van der Waals surface area contributed by atoms with Crippen LogP contribution in [0.5, 0.6) is 0 Å². The fourth-order valence-electron chi connectivity index (χ4n) is 4.97. The van der Waals surface area contributed by atoms with E-state index in [0.29, 0.717) is 25.7 Å². The average Bonchev–Trinajstić information content (AvgIpc) is 3.05. The molecule has 0 heterocycles. The lowest BCUT2D eigenvalue weighted by molar-refractivity contribution is -0.891. The van der Waals surface area contributed by atoms with Crippen LogP contribution in [0, 0.1) is 0 Å². The van der Waals surface area contributed by atoms with Crippen LogP contribution in [-0.2, 0) is 38.0 Å². The second-order valence-corrected chi connectivity index (χ2v) is 15.1. The first-order chi connectivity index (χ1) is 29.7. The van der Waals surface area contributed by atoms with E-state index in [2.05, 4.69) is 9.47 Å². The summed E-state index contributed by atoms with van der Waals surface area (Å²) in [6.45, 7) is -1.70. The second kappa shape index (κ2) is 22.1. The number of ether oxygens (including phenoxy) is 6. The zero-order chi connectivity index (χ0) is 54.3. The third-order valence-electron chi connectivity index (χ3n) is 8.22. The van der Waals surface area contributed by atoms with E-state index in [0.717, 1.165) is 10.6 Å². The van der Waals surface area contributed by atoms with Crippen molar-refractivity contribution in [2.24, 2.45) is 0 Å². The zero-order valence-corrected chi connectivity index (χ0v) is 34.5. The molecule has 12 nitrogen and oxygen atoms in total. The predicted molar refractivity (Wildman–Crippen MR) is 165 cm³/mol. The molecule has 0 aromatic rings. The summed E-state index contributed by atoms with van der Waals surface area (Å²) < 4.78 is 353. The molecule has 0 bridgehead atoms. The Kier molecular flexibility index (Phi) is 21.0. The number of alkyl halides is 26. The number of carbonyl (C=O) groups excluding carboxylic acids is 2. The van der Waals surface area contributed by atoms with Crippen molar-refractivity contribution in [3.05, 3.63) is 0 Å². The van der Waals surface area contributed by atoms with Gasteiger partial charge in [-0.05, 0) is 25.7 Å². The number of amides is 2. The van der Waals surface area contributed by atoms with Crippen molar-refractivity contribution < 1.29 is 161 Å². The molecule has 0 aromatic heterocycles. The number of nitrogens with zero attached hydrogens (tertiary/aromatic N) is 2. The highest BCUT2D eigenvalue weighted by atomic mass is 19.4. The number of nitrogens with one attached hydrogen (secondary N) is 2. The summed E-state index contributed by atoms with van der Waals surface area (Å²) in [4.78, 5) is 23.8. The van der Waals surface area contributed by atoms with Crippen LogP contribution in [-0.4, -0.2) is 162 Å². The number of quaternary nitrogens is 2. The van der Waals surface area contributed by atoms with Gasteiger partial charge in [0.05, 0.1) is 54.4 Å². The van der Waals surface area contributed by atoms with E-state index in [-0.39, 0.29) is 35.1 Å². The Labute approximate surface area is 364 Å². The van der Waals surface area contributed by atoms with Gasteiger partial charge in [0.2, 0.25) is 0 Å². The van der Waals surface area contributed by atoms with Crippen LogP contribution in [0.15, 0.2) is 0 Å². The van der Waals surface area contributed by atoms with Crippen molar-refractivity contribution in [3.63, 3.8) is 0 Å². The van der Waals surface area contributed by atoms with Crippen LogP contribution in [0.4, 0.5) is 114 Å². The van der Waals surface area contributed by atoms with Crippen molar-refractivity contribution in [1.29, 1.82) is 0 Å². The molecular weight excluding hydrogens is 1040 g/mol. The zero-order valence-electron chi connectivity index (χ0n) is 34.5. The minimum atomic E-state index is -7.23. The third kappa shape index (κ3) is 20.6. The monoisotopic (exact) mass is 1080 g/mol. The van der Waals surface area contributed by atoms with Crippen molar-refractivity contribution in [1.82, 2.24) is 10.6 Å². The Bertz CT molecular complexity index is 1510. The minimum Gasteiger partial charge on any atom is -0.351 e. The van der Waals surface area contributed by atoms with E-state index in [1.54, 1.807) is 9.47 Å². The molecule has 2 unspecified atom stereocenters. The Morgan fingerprint density at radius 3 is 0.824 bits per heavy atom. The lowest BCUT2D eigenvalue weighted by atomic mass is 10.1. The lowest BCUT2D eigenvalue weighted by Gasteiger charge is -2.34. The molecule has 0 saturated carbocycles. The van der Waals surface area contributed by atoms with Gasteiger partial charge in [-0.25, -0.2) is 9.47 Å². The Morgan fingerprint density at radius 1 is 0.353 bits per heavy atom. The number of carbonyl (C=O) groups is 2. The number of unbranched alkanes of at least 4 members (excludes halogenated alkanes) is 3. The van der Waals surface area contributed by atoms with Gasteiger partial charge in [-0.1, -0.05) is 0 Å². The summed E-state index contributed by atoms with van der Waals surface area (Å²) in [5, 5.41) is 2.21. The molecule has 0 aliphatic rings. The van der Waals surface area contributed by atoms with Crippen LogP contribution < -0.4 is 10.6 Å². The van der Waals surface area contributed by atoms with E-state index in [1.807, 2.05) is 9.47 Å². The van der Waals surface area contributed by atoms with E-state index in [4.69, 9.17) is 0 Å². The molecule has 0 spiro atoms. The normalized spacial score (nSPS) is 16.6. The highest BCUT2D eigenvalue weighted by Crippen LogP contribution is 2.49.